The van der Waals surface area contributed by atoms with Crippen LogP contribution in [0.15, 0.2) is 53.7 Å². The second-order valence-electron chi connectivity index (χ2n) is 6.51. The molecule has 2 heterocycles. The Kier molecular flexibility index (Phi) is 5.71. The van der Waals surface area contributed by atoms with Crippen LogP contribution in [-0.2, 0) is 16.2 Å². The molecular formula is C18H20F3N3O2S. The lowest BCUT2D eigenvalue weighted by Crippen LogP contribution is -2.38. The van der Waals surface area contributed by atoms with E-state index in [0.717, 1.165) is 55.9 Å². The highest BCUT2D eigenvalue weighted by atomic mass is 32.2. The summed E-state index contributed by atoms with van der Waals surface area (Å²) in [6.07, 6.45) is 0.646. The van der Waals surface area contributed by atoms with Crippen LogP contribution < -0.4 is 9.62 Å². The van der Waals surface area contributed by atoms with Crippen molar-refractivity contribution in [2.45, 2.75) is 23.9 Å². The monoisotopic (exact) mass is 399 g/mol. The molecule has 146 valence electrons. The van der Waals surface area contributed by atoms with Crippen LogP contribution in [0.4, 0.5) is 18.9 Å². The predicted octanol–water partition coefficient (Wildman–Crippen LogP) is 3.30. The third kappa shape index (κ3) is 4.98. The minimum Gasteiger partial charge on any atom is -0.371 e. The summed E-state index contributed by atoms with van der Waals surface area (Å²) in [5.41, 5.74) is 0.221. The molecule has 27 heavy (non-hydrogen) atoms. The van der Waals surface area contributed by atoms with E-state index in [4.69, 9.17) is 0 Å². The van der Waals surface area contributed by atoms with Crippen molar-refractivity contribution in [2.75, 3.05) is 24.5 Å². The quantitative estimate of drug-likeness (QED) is 0.838. The summed E-state index contributed by atoms with van der Waals surface area (Å²) in [6.45, 7) is 1.90. The average Bonchev–Trinajstić information content (AvgIpc) is 2.67. The Hall–Kier alpha value is -2.13. The molecule has 0 amide bonds. The molecular weight excluding hydrogens is 379 g/mol. The predicted molar refractivity (Wildman–Crippen MR) is 95.8 cm³/mol. The van der Waals surface area contributed by atoms with Crippen LogP contribution >= 0.6 is 0 Å². The summed E-state index contributed by atoms with van der Waals surface area (Å²) < 4.78 is 64.9. The van der Waals surface area contributed by atoms with Gasteiger partial charge in [0.15, 0.2) is 0 Å². The van der Waals surface area contributed by atoms with Crippen LogP contribution in [0.1, 0.15) is 18.4 Å². The van der Waals surface area contributed by atoms with Crippen molar-refractivity contribution in [3.8, 4) is 0 Å². The number of piperidine rings is 1. The molecule has 1 fully saturated rings. The zero-order valence-electron chi connectivity index (χ0n) is 14.5. The summed E-state index contributed by atoms with van der Waals surface area (Å²) in [4.78, 5) is 6.06. The average molecular weight is 399 g/mol. The van der Waals surface area contributed by atoms with Crippen molar-refractivity contribution in [1.82, 2.24) is 9.71 Å². The van der Waals surface area contributed by atoms with Gasteiger partial charge in [-0.1, -0.05) is 0 Å². The number of rotatable bonds is 5. The SMILES string of the molecule is O=S(=O)(NCC1CCN(c2ccncc2)CC1)c1ccc(C(F)(F)F)cc1. The Labute approximate surface area is 156 Å². The summed E-state index contributed by atoms with van der Waals surface area (Å²) in [7, 11) is -3.83. The first-order chi connectivity index (χ1) is 12.8. The number of hydrogen-bond acceptors (Lipinski definition) is 4. The second-order valence-corrected chi connectivity index (χ2v) is 8.28. The van der Waals surface area contributed by atoms with Gasteiger partial charge in [0, 0.05) is 37.7 Å². The molecule has 1 aliphatic rings. The lowest BCUT2D eigenvalue weighted by Gasteiger charge is -2.33. The number of nitrogens with one attached hydrogen (secondary N) is 1. The van der Waals surface area contributed by atoms with E-state index >= 15 is 0 Å². The maximum Gasteiger partial charge on any atom is 0.416 e. The summed E-state index contributed by atoms with van der Waals surface area (Å²) in [5, 5.41) is 0. The minimum absolute atomic E-state index is 0.162. The summed E-state index contributed by atoms with van der Waals surface area (Å²) in [5.74, 6) is 0.187. The van der Waals surface area contributed by atoms with Gasteiger partial charge in [0.25, 0.3) is 0 Å². The van der Waals surface area contributed by atoms with E-state index < -0.39 is 21.8 Å². The van der Waals surface area contributed by atoms with Gasteiger partial charge in [-0.25, -0.2) is 13.1 Å². The third-order valence-electron chi connectivity index (χ3n) is 4.70. The highest BCUT2D eigenvalue weighted by Crippen LogP contribution is 2.29. The van der Waals surface area contributed by atoms with Gasteiger partial charge in [-0.3, -0.25) is 4.98 Å². The number of sulfonamides is 1. The Morgan fingerprint density at radius 2 is 1.63 bits per heavy atom. The van der Waals surface area contributed by atoms with E-state index in [2.05, 4.69) is 14.6 Å². The maximum atomic E-state index is 12.6. The van der Waals surface area contributed by atoms with Crippen LogP contribution in [-0.4, -0.2) is 33.0 Å². The first-order valence-corrected chi connectivity index (χ1v) is 10.1. The van der Waals surface area contributed by atoms with Gasteiger partial charge >= 0.3 is 6.18 Å². The largest absolute Gasteiger partial charge is 0.416 e. The second kappa shape index (κ2) is 7.85. The Morgan fingerprint density at radius 1 is 1.04 bits per heavy atom. The normalized spacial score (nSPS) is 16.5. The van der Waals surface area contributed by atoms with E-state index in [1.165, 1.54) is 0 Å². The van der Waals surface area contributed by atoms with E-state index in [1.54, 1.807) is 12.4 Å². The van der Waals surface area contributed by atoms with Crippen LogP contribution in [0.2, 0.25) is 0 Å². The van der Waals surface area contributed by atoms with Crippen LogP contribution in [0.5, 0.6) is 0 Å². The molecule has 1 aliphatic heterocycles. The molecule has 9 heteroatoms. The molecule has 0 spiro atoms. The zero-order valence-corrected chi connectivity index (χ0v) is 15.3. The number of pyridine rings is 1. The fourth-order valence-corrected chi connectivity index (χ4v) is 4.20. The molecule has 1 aromatic carbocycles. The van der Waals surface area contributed by atoms with Crippen molar-refractivity contribution < 1.29 is 21.6 Å². The van der Waals surface area contributed by atoms with Crippen molar-refractivity contribution in [3.63, 3.8) is 0 Å². The molecule has 0 unspecified atom stereocenters. The molecule has 1 N–H and O–H groups in total. The van der Waals surface area contributed by atoms with Crippen LogP contribution in [0.25, 0.3) is 0 Å². The van der Waals surface area contributed by atoms with Gasteiger partial charge in [-0.2, -0.15) is 13.2 Å². The fourth-order valence-electron chi connectivity index (χ4n) is 3.08. The van der Waals surface area contributed by atoms with Gasteiger partial charge < -0.3 is 4.90 Å². The van der Waals surface area contributed by atoms with Gasteiger partial charge in [0.2, 0.25) is 10.0 Å². The smallest absolute Gasteiger partial charge is 0.371 e. The van der Waals surface area contributed by atoms with Crippen molar-refractivity contribution >= 4 is 15.7 Å². The van der Waals surface area contributed by atoms with Crippen LogP contribution in [0, 0.1) is 5.92 Å². The molecule has 5 nitrogen and oxygen atoms in total. The molecule has 0 atom stereocenters. The maximum absolute atomic E-state index is 12.6. The van der Waals surface area contributed by atoms with E-state index in [9.17, 15) is 21.6 Å². The lowest BCUT2D eigenvalue weighted by molar-refractivity contribution is -0.137. The molecule has 1 aromatic heterocycles. The number of alkyl halides is 3. The molecule has 0 radical (unpaired) electrons. The van der Waals surface area contributed by atoms with Gasteiger partial charge in [0.05, 0.1) is 10.5 Å². The number of hydrogen-bond donors (Lipinski definition) is 1. The Bertz CT molecular complexity index is 848. The highest BCUT2D eigenvalue weighted by Gasteiger charge is 2.30. The van der Waals surface area contributed by atoms with Crippen molar-refractivity contribution in [2.24, 2.45) is 5.92 Å². The highest BCUT2D eigenvalue weighted by molar-refractivity contribution is 7.89. The van der Waals surface area contributed by atoms with E-state index in [-0.39, 0.29) is 17.4 Å². The number of benzene rings is 1. The number of anilines is 1. The van der Waals surface area contributed by atoms with E-state index in [1.807, 2.05) is 12.1 Å². The summed E-state index contributed by atoms with van der Waals surface area (Å²) in [6, 6.07) is 7.40. The zero-order chi connectivity index (χ0) is 19.5. The number of halogens is 3. The van der Waals surface area contributed by atoms with Crippen molar-refractivity contribution in [1.29, 1.82) is 0 Å². The molecule has 0 aliphatic carbocycles. The molecule has 2 aromatic rings. The first-order valence-electron chi connectivity index (χ1n) is 8.57. The van der Waals surface area contributed by atoms with E-state index in [0.29, 0.717) is 0 Å². The molecule has 0 bridgehead atoms. The third-order valence-corrected chi connectivity index (χ3v) is 6.14. The topological polar surface area (TPSA) is 62.3 Å². The lowest BCUT2D eigenvalue weighted by atomic mass is 9.97. The number of nitrogens with zero attached hydrogens (tertiary/aromatic N) is 2. The summed E-state index contributed by atoms with van der Waals surface area (Å²) >= 11 is 0. The fraction of sp³-hybridized carbons (Fsp3) is 0.389. The number of aromatic nitrogens is 1. The molecule has 3 rings (SSSR count). The van der Waals surface area contributed by atoms with Gasteiger partial charge in [0.1, 0.15) is 0 Å². The Morgan fingerprint density at radius 3 is 2.19 bits per heavy atom. The van der Waals surface area contributed by atoms with Crippen LogP contribution in [0.3, 0.4) is 0 Å². The van der Waals surface area contributed by atoms with Crippen molar-refractivity contribution in [3.05, 3.63) is 54.4 Å². The Balaban J connectivity index is 1.54. The van der Waals surface area contributed by atoms with Gasteiger partial charge in [-0.05, 0) is 55.2 Å². The minimum atomic E-state index is -4.49. The molecule has 0 saturated carbocycles. The molecule has 1 saturated heterocycles. The van der Waals surface area contributed by atoms with Gasteiger partial charge in [-0.15, -0.1) is 0 Å². The standard InChI is InChI=1S/C18H20F3N3O2S/c19-18(20,21)15-1-3-17(4-2-15)27(25,26)23-13-14-7-11-24(12-8-14)16-5-9-22-10-6-16/h1-6,9-10,14,23H,7-8,11-13H2. The first kappa shape index (κ1) is 19.6.